The van der Waals surface area contributed by atoms with Gasteiger partial charge in [0.15, 0.2) is 0 Å². The maximum Gasteiger partial charge on any atom is 0.318 e. The molecule has 2 N–H and O–H groups in total. The van der Waals surface area contributed by atoms with E-state index in [1.807, 2.05) is 6.07 Å². The Bertz CT molecular complexity index is 591. The van der Waals surface area contributed by atoms with Gasteiger partial charge in [0.2, 0.25) is 10.0 Å². The van der Waals surface area contributed by atoms with Gasteiger partial charge in [-0.05, 0) is 36.5 Å². The number of carboxylic acids is 1. The summed E-state index contributed by atoms with van der Waals surface area (Å²) in [5.41, 5.74) is 0.950. The van der Waals surface area contributed by atoms with Gasteiger partial charge < -0.3 is 5.11 Å². The molecule has 1 aromatic rings. The number of rotatable bonds is 6. The van der Waals surface area contributed by atoms with Gasteiger partial charge in [-0.1, -0.05) is 19.1 Å². The van der Waals surface area contributed by atoms with Crippen LogP contribution < -0.4 is 4.72 Å². The fourth-order valence-corrected chi connectivity index (χ4v) is 3.58. The summed E-state index contributed by atoms with van der Waals surface area (Å²) >= 11 is 0. The molecule has 0 radical (unpaired) electrons. The molecule has 0 heterocycles. The van der Waals surface area contributed by atoms with Crippen molar-refractivity contribution in [2.75, 3.05) is 25.3 Å². The van der Waals surface area contributed by atoms with Crippen LogP contribution in [0, 0.1) is 0 Å². The molecule has 0 bridgehead atoms. The van der Waals surface area contributed by atoms with Gasteiger partial charge in [-0.2, -0.15) is 4.72 Å². The van der Waals surface area contributed by atoms with Gasteiger partial charge in [-0.3, -0.25) is 4.79 Å². The second kappa shape index (κ2) is 6.15. The molecule has 0 saturated carbocycles. The molecule has 0 aliphatic heterocycles. The average Bonchev–Trinajstić information content (AvgIpc) is 2.34. The van der Waals surface area contributed by atoms with Gasteiger partial charge in [0.05, 0.1) is 4.90 Å². The molecule has 1 rings (SSSR count). The zero-order valence-electron chi connectivity index (χ0n) is 12.1. The van der Waals surface area contributed by atoms with Crippen molar-refractivity contribution in [3.8, 4) is 0 Å². The number of nitrogens with one attached hydrogen (secondary N) is 1. The number of hydrogen-bond donors (Lipinski definition) is 2. The number of sulfonamides is 1. The van der Waals surface area contributed by atoms with E-state index in [9.17, 15) is 13.2 Å². The number of aliphatic carboxylic acids is 1. The summed E-state index contributed by atoms with van der Waals surface area (Å²) in [5.74, 6) is -1.21. The molecule has 0 fully saturated rings. The summed E-state index contributed by atoms with van der Waals surface area (Å²) in [7, 11) is -4.63. The molecular formula is C13H21NO4S2. The number of hydrogen-bond acceptors (Lipinski definition) is 3. The molecule has 0 amide bonds. The molecule has 0 aliphatic rings. The van der Waals surface area contributed by atoms with Crippen molar-refractivity contribution in [3.63, 3.8) is 0 Å². The molecule has 0 saturated heterocycles. The molecule has 5 nitrogen and oxygen atoms in total. The third-order valence-corrected chi connectivity index (χ3v) is 6.90. The maximum atomic E-state index is 12.0. The van der Waals surface area contributed by atoms with Crippen molar-refractivity contribution in [1.29, 1.82) is 0 Å². The van der Waals surface area contributed by atoms with Crippen molar-refractivity contribution >= 4 is 26.0 Å². The van der Waals surface area contributed by atoms with E-state index in [0.717, 1.165) is 5.56 Å². The average molecular weight is 319 g/mol. The van der Waals surface area contributed by atoms with Crippen LogP contribution in [0.5, 0.6) is 0 Å². The summed E-state index contributed by atoms with van der Waals surface area (Å²) in [6.45, 7) is 1.46. The van der Waals surface area contributed by atoms with E-state index < -0.39 is 32.6 Å². The normalized spacial score (nSPS) is 14.8. The van der Waals surface area contributed by atoms with E-state index >= 15 is 0 Å². The monoisotopic (exact) mass is 319 g/mol. The second-order valence-corrected chi connectivity index (χ2v) is 11.7. The first-order valence-electron chi connectivity index (χ1n) is 6.02. The Hall–Kier alpha value is -1.05. The molecule has 0 aliphatic carbocycles. The third kappa shape index (κ3) is 4.50. The number of carbonyl (C=O) groups is 1. The van der Waals surface area contributed by atoms with E-state index in [0.29, 0.717) is 0 Å². The predicted octanol–water partition coefficient (Wildman–Crippen LogP) is 1.80. The molecule has 7 heteroatoms. The topological polar surface area (TPSA) is 83.5 Å². The van der Waals surface area contributed by atoms with Gasteiger partial charge in [-0.25, -0.2) is 18.4 Å². The molecule has 1 aromatic carbocycles. The highest BCUT2D eigenvalue weighted by Crippen LogP contribution is 2.50. The Kier molecular flexibility index (Phi) is 5.23. The van der Waals surface area contributed by atoms with Crippen LogP contribution in [0.1, 0.15) is 17.7 Å². The van der Waals surface area contributed by atoms with Gasteiger partial charge in [0.25, 0.3) is 0 Å². The zero-order valence-corrected chi connectivity index (χ0v) is 13.7. The van der Waals surface area contributed by atoms with Crippen LogP contribution in [0.25, 0.3) is 0 Å². The van der Waals surface area contributed by atoms with Crippen molar-refractivity contribution in [2.24, 2.45) is 0 Å². The molecule has 20 heavy (non-hydrogen) atoms. The number of carboxylic acid groups (broad SMARTS) is 1. The zero-order chi connectivity index (χ0) is 15.6. The lowest BCUT2D eigenvalue weighted by molar-refractivity contribution is -0.135. The Labute approximate surface area is 121 Å². The fraction of sp³-hybridized carbons (Fsp3) is 0.462. The molecule has 114 valence electrons. The highest BCUT2D eigenvalue weighted by Gasteiger charge is 2.20. The third-order valence-electron chi connectivity index (χ3n) is 3.11. The minimum atomic E-state index is -3.78. The van der Waals surface area contributed by atoms with Crippen molar-refractivity contribution < 1.29 is 18.3 Å². The highest BCUT2D eigenvalue weighted by atomic mass is 32.3. The highest BCUT2D eigenvalue weighted by molar-refractivity contribution is 8.32. The van der Waals surface area contributed by atoms with Crippen LogP contribution in [-0.2, 0) is 14.8 Å². The van der Waals surface area contributed by atoms with Crippen LogP contribution in [-0.4, -0.2) is 44.8 Å². The van der Waals surface area contributed by atoms with Crippen LogP contribution in [0.3, 0.4) is 0 Å². The Balaban J connectivity index is 3.07. The van der Waals surface area contributed by atoms with E-state index in [1.54, 1.807) is 12.1 Å². The maximum absolute atomic E-state index is 12.0. The van der Waals surface area contributed by atoms with Gasteiger partial charge in [0, 0.05) is 5.25 Å². The molecule has 1 unspecified atom stereocenters. The summed E-state index contributed by atoms with van der Waals surface area (Å²) in [4.78, 5) is 10.6. The molecule has 0 aromatic heterocycles. The van der Waals surface area contributed by atoms with E-state index in [1.165, 1.54) is 6.07 Å². The largest absolute Gasteiger partial charge is 0.480 e. The Morgan fingerprint density at radius 2 is 1.90 bits per heavy atom. The van der Waals surface area contributed by atoms with Crippen molar-refractivity contribution in [3.05, 3.63) is 29.8 Å². The van der Waals surface area contributed by atoms with Crippen molar-refractivity contribution in [2.45, 2.75) is 17.1 Å². The standard InChI is InChI=1S/C13H21NO4S2/c1-10(19(2,3)4)11-6-5-7-12(8-11)20(17,18)14-9-13(15)16/h5-8,10,14H,9H2,1-4H3,(H,15,16). The van der Waals surface area contributed by atoms with Crippen LogP contribution in [0.4, 0.5) is 0 Å². The molecule has 1 atom stereocenters. The minimum absolute atomic E-state index is 0.103. The van der Waals surface area contributed by atoms with Crippen LogP contribution >= 0.6 is 10.0 Å². The quantitative estimate of drug-likeness (QED) is 0.837. The van der Waals surface area contributed by atoms with Crippen LogP contribution in [0.2, 0.25) is 0 Å². The Morgan fingerprint density at radius 3 is 2.40 bits per heavy atom. The summed E-state index contributed by atoms with van der Waals surface area (Å²) in [6, 6.07) is 6.68. The fourth-order valence-electron chi connectivity index (χ4n) is 1.58. The van der Waals surface area contributed by atoms with Gasteiger partial charge >= 0.3 is 5.97 Å². The lowest BCUT2D eigenvalue weighted by Crippen LogP contribution is -2.29. The second-order valence-electron chi connectivity index (χ2n) is 5.36. The smallest absolute Gasteiger partial charge is 0.318 e. The molecular weight excluding hydrogens is 298 g/mol. The Morgan fingerprint density at radius 1 is 1.30 bits per heavy atom. The summed E-state index contributed by atoms with van der Waals surface area (Å²) in [5, 5.41) is 8.81. The number of benzene rings is 1. The lowest BCUT2D eigenvalue weighted by atomic mass is 10.2. The predicted molar refractivity (Wildman–Crippen MR) is 83.0 cm³/mol. The summed E-state index contributed by atoms with van der Waals surface area (Å²) in [6.07, 6.45) is 6.50. The minimum Gasteiger partial charge on any atom is -0.480 e. The van der Waals surface area contributed by atoms with Crippen LogP contribution in [0.15, 0.2) is 29.2 Å². The lowest BCUT2D eigenvalue weighted by Gasteiger charge is -2.33. The van der Waals surface area contributed by atoms with E-state index in [2.05, 4.69) is 30.4 Å². The van der Waals surface area contributed by atoms with Gasteiger partial charge in [0.1, 0.15) is 6.54 Å². The van der Waals surface area contributed by atoms with E-state index in [4.69, 9.17) is 5.11 Å². The van der Waals surface area contributed by atoms with E-state index in [-0.39, 0.29) is 10.1 Å². The van der Waals surface area contributed by atoms with Gasteiger partial charge in [-0.15, -0.1) is 0 Å². The first-order chi connectivity index (χ1) is 9.04. The summed E-state index contributed by atoms with van der Waals surface area (Å²) < 4.78 is 26.0. The first kappa shape index (κ1) is 17.0. The SMILES string of the molecule is CC(c1cccc(S(=O)(=O)NCC(=O)O)c1)S(C)(C)C. The molecule has 0 spiro atoms. The first-order valence-corrected chi connectivity index (χ1v) is 10.4. The van der Waals surface area contributed by atoms with Crippen molar-refractivity contribution in [1.82, 2.24) is 4.72 Å².